The molecule has 1 unspecified atom stereocenters. The van der Waals surface area contributed by atoms with Gasteiger partial charge in [0.25, 0.3) is 5.91 Å². The van der Waals surface area contributed by atoms with Crippen molar-refractivity contribution >= 4 is 22.9 Å². The molecule has 1 aliphatic rings. The number of H-pyrrole nitrogens is 1. The number of carbonyl (C=O) groups excluding carboxylic acids is 1. The largest absolute Gasteiger partial charge is 0.481 e. The monoisotopic (exact) mass is 391 g/mol. The maximum atomic E-state index is 13.1. The molecule has 1 aromatic heterocycles. The van der Waals surface area contributed by atoms with E-state index < -0.39 is 11.4 Å². The second kappa shape index (κ2) is 8.07. The number of carboxylic acid groups (broad SMARTS) is 1. The number of imidazole rings is 1. The summed E-state index contributed by atoms with van der Waals surface area (Å²) in [4.78, 5) is 34.2. The molecule has 2 heterocycles. The van der Waals surface area contributed by atoms with Crippen molar-refractivity contribution in [3.8, 4) is 0 Å². The van der Waals surface area contributed by atoms with Crippen LogP contribution in [0.25, 0.3) is 11.0 Å². The Morgan fingerprint density at radius 3 is 2.79 bits per heavy atom. The van der Waals surface area contributed by atoms with Crippen LogP contribution in [0.4, 0.5) is 0 Å². The molecule has 6 heteroatoms. The number of likely N-dealkylation sites (tertiary alicyclic amines) is 1. The maximum absolute atomic E-state index is 13.1. The minimum absolute atomic E-state index is 0.116. The highest BCUT2D eigenvalue weighted by Crippen LogP contribution is 2.36. The molecule has 6 nitrogen and oxygen atoms in total. The summed E-state index contributed by atoms with van der Waals surface area (Å²) in [6.45, 7) is 0.852. The molecule has 1 amide bonds. The number of hydrogen-bond acceptors (Lipinski definition) is 3. The number of nitrogens with one attached hydrogen (secondary N) is 1. The number of carboxylic acids is 1. The van der Waals surface area contributed by atoms with Crippen LogP contribution in [-0.4, -0.2) is 44.9 Å². The Morgan fingerprint density at radius 1 is 1.17 bits per heavy atom. The molecule has 0 spiro atoms. The van der Waals surface area contributed by atoms with Gasteiger partial charge in [0.2, 0.25) is 0 Å². The van der Waals surface area contributed by atoms with E-state index in [4.69, 9.17) is 0 Å². The summed E-state index contributed by atoms with van der Waals surface area (Å²) in [6.07, 6.45) is 5.12. The van der Waals surface area contributed by atoms with Crippen molar-refractivity contribution in [2.45, 2.75) is 32.1 Å². The predicted molar refractivity (Wildman–Crippen MR) is 111 cm³/mol. The normalized spacial score (nSPS) is 19.4. The van der Waals surface area contributed by atoms with Crippen LogP contribution in [0.15, 0.2) is 54.9 Å². The first-order chi connectivity index (χ1) is 14.1. The lowest BCUT2D eigenvalue weighted by molar-refractivity contribution is -0.152. The molecule has 1 saturated heterocycles. The Labute approximate surface area is 169 Å². The summed E-state index contributed by atoms with van der Waals surface area (Å²) in [5.74, 6) is -0.915. The number of piperidine rings is 1. The van der Waals surface area contributed by atoms with Crippen molar-refractivity contribution in [2.24, 2.45) is 5.41 Å². The van der Waals surface area contributed by atoms with Gasteiger partial charge < -0.3 is 15.0 Å². The molecule has 0 aliphatic carbocycles. The standard InChI is InChI=1S/C23H25N3O3/c27-21(18-9-10-19-20(14-18)25-16-24-19)26-13-5-12-23(15-26,22(28)29)11-4-8-17-6-2-1-3-7-17/h1-3,6-7,9-10,14,16H,4-5,8,11-13,15H2,(H,24,25)(H,28,29). The zero-order chi connectivity index (χ0) is 20.3. The van der Waals surface area contributed by atoms with E-state index in [9.17, 15) is 14.7 Å². The lowest BCUT2D eigenvalue weighted by Gasteiger charge is -2.40. The highest BCUT2D eigenvalue weighted by Gasteiger charge is 2.43. The van der Waals surface area contributed by atoms with Crippen LogP contribution in [0.5, 0.6) is 0 Å². The second-order valence-corrected chi connectivity index (χ2v) is 7.89. The van der Waals surface area contributed by atoms with Gasteiger partial charge in [-0.2, -0.15) is 0 Å². The number of rotatable bonds is 6. The van der Waals surface area contributed by atoms with E-state index in [0.29, 0.717) is 31.4 Å². The van der Waals surface area contributed by atoms with E-state index in [1.165, 1.54) is 5.56 Å². The molecule has 0 saturated carbocycles. The smallest absolute Gasteiger partial charge is 0.311 e. The summed E-state index contributed by atoms with van der Waals surface area (Å²) in [5.41, 5.74) is 2.51. The van der Waals surface area contributed by atoms with Crippen LogP contribution in [0.3, 0.4) is 0 Å². The Kier molecular flexibility index (Phi) is 5.34. The first-order valence-electron chi connectivity index (χ1n) is 10.1. The van der Waals surface area contributed by atoms with Gasteiger partial charge in [-0.15, -0.1) is 0 Å². The fourth-order valence-electron chi connectivity index (χ4n) is 4.32. The number of aromatic amines is 1. The van der Waals surface area contributed by atoms with Crippen molar-refractivity contribution in [2.75, 3.05) is 13.1 Å². The predicted octanol–water partition coefficient (Wildman–Crippen LogP) is 3.89. The van der Waals surface area contributed by atoms with Gasteiger partial charge in [0, 0.05) is 18.7 Å². The van der Waals surface area contributed by atoms with Crippen molar-refractivity contribution in [3.63, 3.8) is 0 Å². The number of fused-ring (bicyclic) bond motifs is 1. The number of aliphatic carboxylic acids is 1. The minimum atomic E-state index is -0.874. The van der Waals surface area contributed by atoms with Crippen LogP contribution < -0.4 is 0 Å². The van der Waals surface area contributed by atoms with Gasteiger partial charge in [0.1, 0.15) is 0 Å². The number of carbonyl (C=O) groups is 2. The van der Waals surface area contributed by atoms with Gasteiger partial charge in [-0.05, 0) is 55.9 Å². The van der Waals surface area contributed by atoms with Crippen molar-refractivity contribution < 1.29 is 14.7 Å². The Bertz CT molecular complexity index is 1010. The Balaban J connectivity index is 1.47. The zero-order valence-corrected chi connectivity index (χ0v) is 16.3. The third-order valence-corrected chi connectivity index (χ3v) is 5.95. The molecule has 1 aliphatic heterocycles. The minimum Gasteiger partial charge on any atom is -0.481 e. The highest BCUT2D eigenvalue weighted by atomic mass is 16.4. The van der Waals surface area contributed by atoms with Crippen LogP contribution in [0, 0.1) is 5.41 Å². The van der Waals surface area contributed by atoms with Gasteiger partial charge in [0.15, 0.2) is 0 Å². The van der Waals surface area contributed by atoms with Crippen molar-refractivity contribution in [3.05, 3.63) is 66.0 Å². The number of benzene rings is 2. The Morgan fingerprint density at radius 2 is 2.00 bits per heavy atom. The van der Waals surface area contributed by atoms with Gasteiger partial charge in [0.05, 0.1) is 22.8 Å². The molecule has 0 radical (unpaired) electrons. The first-order valence-corrected chi connectivity index (χ1v) is 10.1. The number of aromatic nitrogens is 2. The summed E-state index contributed by atoms with van der Waals surface area (Å²) < 4.78 is 0. The van der Waals surface area contributed by atoms with Crippen LogP contribution in [0.1, 0.15) is 41.6 Å². The maximum Gasteiger partial charge on any atom is 0.311 e. The SMILES string of the molecule is O=C(c1ccc2nc[nH]c2c1)N1CCCC(CCCc2ccccc2)(C(=O)O)C1. The van der Waals surface area contributed by atoms with Gasteiger partial charge >= 0.3 is 5.97 Å². The molecular formula is C23H25N3O3. The van der Waals surface area contributed by atoms with Crippen molar-refractivity contribution in [1.29, 1.82) is 0 Å². The number of hydrogen-bond donors (Lipinski definition) is 2. The number of nitrogens with zero attached hydrogens (tertiary/aromatic N) is 2. The second-order valence-electron chi connectivity index (χ2n) is 7.89. The van der Waals surface area contributed by atoms with Crippen LogP contribution in [-0.2, 0) is 11.2 Å². The Hall–Kier alpha value is -3.15. The summed E-state index contributed by atoms with van der Waals surface area (Å²) in [5, 5.41) is 10.0. The average molecular weight is 391 g/mol. The van der Waals surface area contributed by atoms with Gasteiger partial charge in [-0.25, -0.2) is 4.98 Å². The molecule has 2 N–H and O–H groups in total. The fraction of sp³-hybridized carbons (Fsp3) is 0.348. The summed E-state index contributed by atoms with van der Waals surface area (Å²) in [7, 11) is 0. The summed E-state index contributed by atoms with van der Waals surface area (Å²) in [6, 6.07) is 15.5. The van der Waals surface area contributed by atoms with E-state index >= 15 is 0 Å². The van der Waals surface area contributed by atoms with Crippen LogP contribution >= 0.6 is 0 Å². The highest BCUT2D eigenvalue weighted by molar-refractivity contribution is 5.97. The topological polar surface area (TPSA) is 86.3 Å². The van der Waals surface area contributed by atoms with Crippen molar-refractivity contribution in [1.82, 2.24) is 14.9 Å². The van der Waals surface area contributed by atoms with Crippen LogP contribution in [0.2, 0.25) is 0 Å². The average Bonchev–Trinajstić information content (AvgIpc) is 3.22. The first kappa shape index (κ1) is 19.2. The van der Waals surface area contributed by atoms with E-state index in [2.05, 4.69) is 22.1 Å². The lowest BCUT2D eigenvalue weighted by Crippen LogP contribution is -2.50. The molecule has 1 fully saturated rings. The van der Waals surface area contributed by atoms with E-state index in [1.807, 2.05) is 24.3 Å². The van der Waals surface area contributed by atoms with Gasteiger partial charge in [-0.3, -0.25) is 9.59 Å². The molecule has 0 bridgehead atoms. The van der Waals surface area contributed by atoms with E-state index in [-0.39, 0.29) is 12.5 Å². The third kappa shape index (κ3) is 4.01. The van der Waals surface area contributed by atoms with E-state index in [1.54, 1.807) is 23.4 Å². The molecule has 29 heavy (non-hydrogen) atoms. The zero-order valence-electron chi connectivity index (χ0n) is 16.3. The number of amides is 1. The molecule has 3 aromatic rings. The third-order valence-electron chi connectivity index (χ3n) is 5.95. The van der Waals surface area contributed by atoms with Gasteiger partial charge in [-0.1, -0.05) is 30.3 Å². The fourth-order valence-corrected chi connectivity index (χ4v) is 4.32. The molecule has 150 valence electrons. The summed E-state index contributed by atoms with van der Waals surface area (Å²) >= 11 is 0. The molecule has 1 atom stereocenters. The quantitative estimate of drug-likeness (QED) is 0.667. The molecular weight excluding hydrogens is 366 g/mol. The number of aryl methyl sites for hydroxylation is 1. The molecule has 2 aromatic carbocycles. The lowest BCUT2D eigenvalue weighted by atomic mass is 9.75. The molecule has 4 rings (SSSR count). The van der Waals surface area contributed by atoms with E-state index in [0.717, 1.165) is 23.9 Å².